The van der Waals surface area contributed by atoms with Gasteiger partial charge in [-0.05, 0) is 47.5 Å². The van der Waals surface area contributed by atoms with Crippen LogP contribution >= 0.6 is 46.9 Å². The van der Waals surface area contributed by atoms with Gasteiger partial charge in [-0.25, -0.2) is 0 Å². The van der Waals surface area contributed by atoms with Crippen molar-refractivity contribution in [3.05, 3.63) is 56.7 Å². The number of fused-ring (bicyclic) bond motifs is 1. The maximum Gasteiger partial charge on any atom is 0.193 e. The number of thiophene rings is 1. The molecule has 1 aromatic carbocycles. The highest BCUT2D eigenvalue weighted by molar-refractivity contribution is 14.0. The molecule has 1 N–H and O–H groups in total. The molecule has 0 aliphatic carbocycles. The van der Waals surface area contributed by atoms with Crippen molar-refractivity contribution in [3.63, 3.8) is 0 Å². The molecule has 2 aliphatic heterocycles. The molecule has 5 nitrogen and oxygen atoms in total. The molecule has 8 heteroatoms. The molecule has 0 amide bonds. The van der Waals surface area contributed by atoms with Crippen LogP contribution in [-0.4, -0.2) is 62.7 Å². The van der Waals surface area contributed by atoms with Gasteiger partial charge in [0.15, 0.2) is 5.96 Å². The molecule has 0 saturated carbocycles. The van der Waals surface area contributed by atoms with Crippen molar-refractivity contribution in [2.75, 3.05) is 46.9 Å². The van der Waals surface area contributed by atoms with E-state index >= 15 is 0 Å². The summed E-state index contributed by atoms with van der Waals surface area (Å²) >= 11 is 8.04. The van der Waals surface area contributed by atoms with Crippen molar-refractivity contribution in [3.8, 4) is 0 Å². The molecule has 4 rings (SSSR count). The number of halogens is 2. The Labute approximate surface area is 211 Å². The van der Waals surface area contributed by atoms with E-state index in [-0.39, 0.29) is 30.0 Å². The van der Waals surface area contributed by atoms with Crippen LogP contribution in [0.25, 0.3) is 0 Å². The van der Waals surface area contributed by atoms with E-state index in [4.69, 9.17) is 16.3 Å². The summed E-state index contributed by atoms with van der Waals surface area (Å²) < 4.78 is 5.53. The van der Waals surface area contributed by atoms with Gasteiger partial charge in [-0.2, -0.15) is 0 Å². The summed E-state index contributed by atoms with van der Waals surface area (Å²) in [7, 11) is 3.98. The van der Waals surface area contributed by atoms with Gasteiger partial charge in [-0.3, -0.25) is 9.89 Å². The van der Waals surface area contributed by atoms with Gasteiger partial charge in [0, 0.05) is 62.7 Å². The molecule has 170 valence electrons. The van der Waals surface area contributed by atoms with Crippen LogP contribution in [0, 0.1) is 5.92 Å². The number of nitrogens with zero attached hydrogens (tertiary/aromatic N) is 3. The second-order valence-corrected chi connectivity index (χ2v) is 9.63. The number of aliphatic imine (C=N–C) groups is 1. The lowest BCUT2D eigenvalue weighted by atomic mass is 10.0. The number of ether oxygens (including phenoxy) is 1. The fraction of sp³-hybridized carbons (Fsp3) is 0.522. The van der Waals surface area contributed by atoms with E-state index in [1.165, 1.54) is 16.0 Å². The zero-order chi connectivity index (χ0) is 20.9. The van der Waals surface area contributed by atoms with E-state index in [0.717, 1.165) is 63.2 Å². The molecule has 2 aliphatic rings. The number of rotatable bonds is 6. The number of guanidine groups is 1. The summed E-state index contributed by atoms with van der Waals surface area (Å²) in [6, 6.07) is 10.8. The Bertz CT molecular complexity index is 854. The molecule has 0 bridgehead atoms. The molecule has 2 atom stereocenters. The average Bonchev–Trinajstić information content (AvgIpc) is 3.43. The van der Waals surface area contributed by atoms with E-state index in [2.05, 4.69) is 50.7 Å². The Morgan fingerprint density at radius 1 is 1.35 bits per heavy atom. The number of benzene rings is 1. The summed E-state index contributed by atoms with van der Waals surface area (Å²) in [5.41, 5.74) is 2.75. The van der Waals surface area contributed by atoms with Crippen LogP contribution in [0.2, 0.25) is 5.02 Å². The highest BCUT2D eigenvalue weighted by atomic mass is 127. The van der Waals surface area contributed by atoms with Crippen molar-refractivity contribution in [1.29, 1.82) is 0 Å². The third-order valence-electron chi connectivity index (χ3n) is 6.12. The number of hydrogen-bond acceptors (Lipinski definition) is 4. The van der Waals surface area contributed by atoms with Crippen LogP contribution in [0.15, 0.2) is 40.7 Å². The van der Waals surface area contributed by atoms with Gasteiger partial charge < -0.3 is 15.0 Å². The Kier molecular flexibility index (Phi) is 9.46. The summed E-state index contributed by atoms with van der Waals surface area (Å²) in [5.74, 6) is 1.52. The standard InChI is InChI=1S/C23H31ClN4OS.HI/c1-25-23(27(2)14-17-8-11-29-16-17)26-13-21(18-3-5-20(24)6-4-18)28-10-7-22-19(15-28)9-12-30-22;/h3-6,9,12,17,21H,7-8,10-11,13-16H2,1-2H3,(H,25,26);1H. The van der Waals surface area contributed by atoms with Gasteiger partial charge in [-0.1, -0.05) is 23.7 Å². The fourth-order valence-electron chi connectivity index (χ4n) is 4.45. The highest BCUT2D eigenvalue weighted by Gasteiger charge is 2.26. The van der Waals surface area contributed by atoms with E-state index in [1.54, 1.807) is 0 Å². The van der Waals surface area contributed by atoms with Crippen LogP contribution in [0.1, 0.15) is 28.5 Å². The summed E-state index contributed by atoms with van der Waals surface area (Å²) in [4.78, 5) is 10.9. The molecule has 3 heterocycles. The SMILES string of the molecule is CN=C(NCC(c1ccc(Cl)cc1)N1CCc2sccc2C1)N(C)CC1CCOC1.I. The first-order valence-electron chi connectivity index (χ1n) is 10.7. The number of nitrogens with one attached hydrogen (secondary N) is 1. The summed E-state index contributed by atoms with van der Waals surface area (Å²) in [6.07, 6.45) is 2.25. The van der Waals surface area contributed by atoms with E-state index in [1.807, 2.05) is 30.5 Å². The molecule has 31 heavy (non-hydrogen) atoms. The quantitative estimate of drug-likeness (QED) is 0.310. The minimum absolute atomic E-state index is 0. The molecule has 1 saturated heterocycles. The molecule has 0 radical (unpaired) electrons. The first-order valence-corrected chi connectivity index (χ1v) is 11.9. The highest BCUT2D eigenvalue weighted by Crippen LogP contribution is 2.30. The van der Waals surface area contributed by atoms with Gasteiger partial charge in [0.1, 0.15) is 0 Å². The molecule has 0 spiro atoms. The predicted octanol–water partition coefficient (Wildman–Crippen LogP) is 4.66. The maximum absolute atomic E-state index is 6.16. The summed E-state index contributed by atoms with van der Waals surface area (Å²) in [6.45, 7) is 5.55. The Hall–Kier alpha value is -0.870. The fourth-order valence-corrected chi connectivity index (χ4v) is 5.47. The Morgan fingerprint density at radius 3 is 2.87 bits per heavy atom. The number of hydrogen-bond donors (Lipinski definition) is 1. The minimum atomic E-state index is 0. The van der Waals surface area contributed by atoms with Gasteiger partial charge in [0.25, 0.3) is 0 Å². The largest absolute Gasteiger partial charge is 0.381 e. The van der Waals surface area contributed by atoms with Crippen molar-refractivity contribution < 1.29 is 4.74 Å². The van der Waals surface area contributed by atoms with Crippen LogP contribution < -0.4 is 5.32 Å². The average molecular weight is 575 g/mol. The van der Waals surface area contributed by atoms with Crippen LogP contribution in [0.3, 0.4) is 0 Å². The topological polar surface area (TPSA) is 40.1 Å². The van der Waals surface area contributed by atoms with Gasteiger partial charge in [0.2, 0.25) is 0 Å². The monoisotopic (exact) mass is 574 g/mol. The van der Waals surface area contributed by atoms with Crippen LogP contribution in [0.4, 0.5) is 0 Å². The van der Waals surface area contributed by atoms with Gasteiger partial charge in [0.05, 0.1) is 12.6 Å². The molecule has 2 unspecified atom stereocenters. The van der Waals surface area contributed by atoms with Crippen molar-refractivity contribution in [2.24, 2.45) is 10.9 Å². The normalized spacial score (nSPS) is 20.1. The summed E-state index contributed by atoms with van der Waals surface area (Å²) in [5, 5.41) is 6.63. The maximum atomic E-state index is 6.16. The van der Waals surface area contributed by atoms with Gasteiger partial charge in [-0.15, -0.1) is 35.3 Å². The third-order valence-corrected chi connectivity index (χ3v) is 7.39. The lowest BCUT2D eigenvalue weighted by Gasteiger charge is -2.36. The first-order chi connectivity index (χ1) is 14.6. The van der Waals surface area contributed by atoms with E-state index < -0.39 is 0 Å². The Balaban J connectivity index is 0.00000272. The molecule has 1 aromatic heterocycles. The third kappa shape index (κ3) is 6.35. The molecular formula is C23H32ClIN4OS. The second-order valence-electron chi connectivity index (χ2n) is 8.20. The molecular weight excluding hydrogens is 543 g/mol. The van der Waals surface area contributed by atoms with Crippen LogP contribution in [0.5, 0.6) is 0 Å². The smallest absolute Gasteiger partial charge is 0.193 e. The second kappa shape index (κ2) is 11.8. The minimum Gasteiger partial charge on any atom is -0.381 e. The Morgan fingerprint density at radius 2 is 2.16 bits per heavy atom. The zero-order valence-electron chi connectivity index (χ0n) is 18.2. The molecule has 2 aromatic rings. The van der Waals surface area contributed by atoms with E-state index in [9.17, 15) is 0 Å². The first kappa shape index (κ1) is 24.8. The van der Waals surface area contributed by atoms with Crippen molar-refractivity contribution in [2.45, 2.75) is 25.4 Å². The van der Waals surface area contributed by atoms with Gasteiger partial charge >= 0.3 is 0 Å². The van der Waals surface area contributed by atoms with E-state index in [0.29, 0.717) is 5.92 Å². The lowest BCUT2D eigenvalue weighted by molar-refractivity contribution is 0.177. The lowest BCUT2D eigenvalue weighted by Crippen LogP contribution is -2.46. The van der Waals surface area contributed by atoms with Crippen LogP contribution in [-0.2, 0) is 17.7 Å². The zero-order valence-corrected chi connectivity index (χ0v) is 22.1. The van der Waals surface area contributed by atoms with Crippen molar-refractivity contribution >= 4 is 52.9 Å². The van der Waals surface area contributed by atoms with Crippen molar-refractivity contribution in [1.82, 2.24) is 15.1 Å². The molecule has 1 fully saturated rings. The predicted molar refractivity (Wildman–Crippen MR) is 141 cm³/mol.